The zero-order valence-corrected chi connectivity index (χ0v) is 11.6. The molecule has 0 saturated carbocycles. The van der Waals surface area contributed by atoms with Crippen molar-refractivity contribution in [1.29, 1.82) is 0 Å². The molecule has 0 bridgehead atoms. The number of rotatable bonds is 2. The molecule has 100 valence electrons. The first kappa shape index (κ1) is 12.6. The minimum Gasteiger partial charge on any atom is -0.380 e. The summed E-state index contributed by atoms with van der Waals surface area (Å²) < 4.78 is 5.46. The van der Waals surface area contributed by atoms with Crippen LogP contribution in [-0.4, -0.2) is 36.5 Å². The molecule has 1 unspecified atom stereocenters. The number of halogens is 1. The summed E-state index contributed by atoms with van der Waals surface area (Å²) in [5, 5.41) is 10.8. The summed E-state index contributed by atoms with van der Waals surface area (Å²) in [5.74, 6) is 0.904. The number of aromatic nitrogens is 2. The molecule has 0 aliphatic carbocycles. The number of nitrogens with zero attached hydrogens (tertiary/aromatic N) is 3. The number of hydrogen-bond acceptors (Lipinski definition) is 4. The van der Waals surface area contributed by atoms with Gasteiger partial charge in [-0.05, 0) is 12.8 Å². The van der Waals surface area contributed by atoms with Gasteiger partial charge in [-0.15, -0.1) is 10.2 Å². The fourth-order valence-electron chi connectivity index (χ4n) is 2.61. The molecule has 0 amide bonds. The van der Waals surface area contributed by atoms with E-state index in [1.807, 2.05) is 24.3 Å². The van der Waals surface area contributed by atoms with Crippen molar-refractivity contribution in [2.24, 2.45) is 0 Å². The summed E-state index contributed by atoms with van der Waals surface area (Å²) in [6, 6.07) is 7.99. The first-order chi connectivity index (χ1) is 9.29. The Balaban J connectivity index is 2.03. The van der Waals surface area contributed by atoms with Gasteiger partial charge in [0.25, 0.3) is 0 Å². The topological polar surface area (TPSA) is 38.2 Å². The number of piperidine rings is 1. The van der Waals surface area contributed by atoms with Crippen molar-refractivity contribution < 1.29 is 4.74 Å². The molecule has 1 aromatic heterocycles. The van der Waals surface area contributed by atoms with Crippen LogP contribution in [0.25, 0.3) is 10.8 Å². The lowest BCUT2D eigenvalue weighted by Crippen LogP contribution is -2.39. The summed E-state index contributed by atoms with van der Waals surface area (Å²) in [6.45, 7) is 1.84. The first-order valence-corrected chi connectivity index (χ1v) is 6.86. The molecule has 0 radical (unpaired) electrons. The SMILES string of the molecule is COC1CCCN(c2nnc(Cl)c3ccccc23)C1. The van der Waals surface area contributed by atoms with Crippen LogP contribution >= 0.6 is 11.6 Å². The highest BCUT2D eigenvalue weighted by Crippen LogP contribution is 2.29. The second-order valence-corrected chi connectivity index (χ2v) is 5.16. The fraction of sp³-hybridized carbons (Fsp3) is 0.429. The van der Waals surface area contributed by atoms with Gasteiger partial charge in [0.05, 0.1) is 6.10 Å². The highest BCUT2D eigenvalue weighted by atomic mass is 35.5. The van der Waals surface area contributed by atoms with Gasteiger partial charge in [-0.3, -0.25) is 0 Å². The van der Waals surface area contributed by atoms with Crippen LogP contribution in [0, 0.1) is 0 Å². The summed E-state index contributed by atoms with van der Waals surface area (Å²) in [7, 11) is 1.76. The summed E-state index contributed by atoms with van der Waals surface area (Å²) >= 11 is 6.11. The molecule has 0 N–H and O–H groups in total. The number of methoxy groups -OCH3 is 1. The van der Waals surface area contributed by atoms with E-state index >= 15 is 0 Å². The van der Waals surface area contributed by atoms with Crippen LogP contribution in [0.3, 0.4) is 0 Å². The molecule has 1 fully saturated rings. The molecular formula is C14H16ClN3O. The number of benzene rings is 1. The lowest BCUT2D eigenvalue weighted by atomic mass is 10.1. The Kier molecular flexibility index (Phi) is 3.53. The molecule has 19 heavy (non-hydrogen) atoms. The van der Waals surface area contributed by atoms with Gasteiger partial charge in [-0.25, -0.2) is 0 Å². The molecule has 1 aliphatic heterocycles. The number of ether oxygens (including phenoxy) is 1. The maximum Gasteiger partial charge on any atom is 0.159 e. The van der Waals surface area contributed by atoms with Gasteiger partial charge in [0, 0.05) is 31.0 Å². The van der Waals surface area contributed by atoms with Gasteiger partial charge < -0.3 is 9.64 Å². The molecule has 0 spiro atoms. The van der Waals surface area contributed by atoms with E-state index in [2.05, 4.69) is 15.1 Å². The lowest BCUT2D eigenvalue weighted by Gasteiger charge is -2.33. The predicted octanol–water partition coefficient (Wildman–Crippen LogP) is 2.90. The average molecular weight is 278 g/mol. The van der Waals surface area contributed by atoms with E-state index in [0.717, 1.165) is 42.5 Å². The molecule has 2 aromatic rings. The van der Waals surface area contributed by atoms with Crippen LogP contribution in [0.1, 0.15) is 12.8 Å². The average Bonchev–Trinajstić information content (AvgIpc) is 2.48. The Hall–Kier alpha value is -1.39. The van der Waals surface area contributed by atoms with Crippen molar-refractivity contribution in [2.45, 2.75) is 18.9 Å². The van der Waals surface area contributed by atoms with Gasteiger partial charge in [0.2, 0.25) is 0 Å². The van der Waals surface area contributed by atoms with Gasteiger partial charge in [-0.2, -0.15) is 0 Å². The van der Waals surface area contributed by atoms with Crippen LogP contribution < -0.4 is 4.90 Å². The fourth-order valence-corrected chi connectivity index (χ4v) is 2.82. The Labute approximate surface area is 117 Å². The minimum atomic E-state index is 0.269. The first-order valence-electron chi connectivity index (χ1n) is 6.48. The van der Waals surface area contributed by atoms with Crippen LogP contribution in [0.5, 0.6) is 0 Å². The van der Waals surface area contributed by atoms with Crippen molar-refractivity contribution in [3.63, 3.8) is 0 Å². The third-order valence-electron chi connectivity index (χ3n) is 3.63. The second-order valence-electron chi connectivity index (χ2n) is 4.81. The Morgan fingerprint density at radius 2 is 2.05 bits per heavy atom. The normalized spacial score (nSPS) is 19.9. The maximum atomic E-state index is 6.11. The molecule has 5 heteroatoms. The monoisotopic (exact) mass is 277 g/mol. The molecule has 1 aromatic carbocycles. The quantitative estimate of drug-likeness (QED) is 0.846. The Morgan fingerprint density at radius 3 is 2.84 bits per heavy atom. The number of hydrogen-bond donors (Lipinski definition) is 0. The van der Waals surface area contributed by atoms with Gasteiger partial charge in [-0.1, -0.05) is 35.9 Å². The molecule has 4 nitrogen and oxygen atoms in total. The van der Waals surface area contributed by atoms with Crippen molar-refractivity contribution in [1.82, 2.24) is 10.2 Å². The van der Waals surface area contributed by atoms with E-state index in [1.165, 1.54) is 0 Å². The van der Waals surface area contributed by atoms with Crippen molar-refractivity contribution in [3.05, 3.63) is 29.4 Å². The molecule has 2 heterocycles. The molecule has 1 saturated heterocycles. The predicted molar refractivity (Wildman–Crippen MR) is 76.8 cm³/mol. The number of anilines is 1. The molecular weight excluding hydrogens is 262 g/mol. The van der Waals surface area contributed by atoms with Crippen molar-refractivity contribution >= 4 is 28.2 Å². The molecule has 1 aliphatic rings. The largest absolute Gasteiger partial charge is 0.380 e. The smallest absolute Gasteiger partial charge is 0.159 e. The summed E-state index contributed by atoms with van der Waals surface area (Å²) in [5.41, 5.74) is 0. The van der Waals surface area contributed by atoms with Crippen molar-refractivity contribution in [3.8, 4) is 0 Å². The van der Waals surface area contributed by atoms with Crippen LogP contribution in [0.15, 0.2) is 24.3 Å². The third kappa shape index (κ3) is 2.38. The van der Waals surface area contributed by atoms with E-state index in [4.69, 9.17) is 16.3 Å². The van der Waals surface area contributed by atoms with Crippen LogP contribution in [0.4, 0.5) is 5.82 Å². The summed E-state index contributed by atoms with van der Waals surface area (Å²) in [4.78, 5) is 2.24. The lowest BCUT2D eigenvalue weighted by molar-refractivity contribution is 0.0892. The second kappa shape index (κ2) is 5.31. The highest BCUT2D eigenvalue weighted by Gasteiger charge is 2.22. The van der Waals surface area contributed by atoms with E-state index in [-0.39, 0.29) is 6.10 Å². The Bertz CT molecular complexity index is 590. The molecule has 1 atom stereocenters. The third-order valence-corrected chi connectivity index (χ3v) is 3.91. The zero-order chi connectivity index (χ0) is 13.2. The van der Waals surface area contributed by atoms with Gasteiger partial charge in [0.15, 0.2) is 11.0 Å². The highest BCUT2D eigenvalue weighted by molar-refractivity contribution is 6.34. The summed E-state index contributed by atoms with van der Waals surface area (Å²) in [6.07, 6.45) is 2.48. The molecule has 3 rings (SSSR count). The van der Waals surface area contributed by atoms with Gasteiger partial charge >= 0.3 is 0 Å². The van der Waals surface area contributed by atoms with Crippen molar-refractivity contribution in [2.75, 3.05) is 25.1 Å². The standard InChI is InChI=1S/C14H16ClN3O/c1-19-10-5-4-8-18(9-10)14-12-7-3-2-6-11(12)13(15)16-17-14/h2-3,6-7,10H,4-5,8-9H2,1H3. The van der Waals surface area contributed by atoms with Crippen LogP contribution in [-0.2, 0) is 4.74 Å². The van der Waals surface area contributed by atoms with E-state index < -0.39 is 0 Å². The van der Waals surface area contributed by atoms with E-state index in [9.17, 15) is 0 Å². The van der Waals surface area contributed by atoms with E-state index in [1.54, 1.807) is 7.11 Å². The maximum absolute atomic E-state index is 6.11. The zero-order valence-electron chi connectivity index (χ0n) is 10.8. The van der Waals surface area contributed by atoms with Crippen LogP contribution in [0.2, 0.25) is 5.15 Å². The minimum absolute atomic E-state index is 0.269. The van der Waals surface area contributed by atoms with Gasteiger partial charge in [0.1, 0.15) is 0 Å². The number of fused-ring (bicyclic) bond motifs is 1. The van der Waals surface area contributed by atoms with E-state index in [0.29, 0.717) is 5.15 Å². The Morgan fingerprint density at radius 1 is 1.26 bits per heavy atom.